The predicted molar refractivity (Wildman–Crippen MR) is 128 cm³/mol. The summed E-state index contributed by atoms with van der Waals surface area (Å²) in [7, 11) is 0. The van der Waals surface area contributed by atoms with Gasteiger partial charge in [-0.25, -0.2) is 10.1 Å². The van der Waals surface area contributed by atoms with Gasteiger partial charge in [0, 0.05) is 10.0 Å². The Labute approximate surface area is 189 Å². The van der Waals surface area contributed by atoms with Crippen LogP contribution in [0.4, 0.5) is 0 Å². The summed E-state index contributed by atoms with van der Waals surface area (Å²) >= 11 is 3.42. The van der Waals surface area contributed by atoms with Gasteiger partial charge in [0.1, 0.15) is 0 Å². The van der Waals surface area contributed by atoms with Gasteiger partial charge in [0.15, 0.2) is 5.69 Å². The van der Waals surface area contributed by atoms with Crippen molar-refractivity contribution in [3.8, 4) is 16.9 Å². The molecule has 0 aliphatic rings. The van der Waals surface area contributed by atoms with E-state index >= 15 is 0 Å². The Kier molecular flexibility index (Phi) is 6.09. The fourth-order valence-electron chi connectivity index (χ4n) is 3.11. The summed E-state index contributed by atoms with van der Waals surface area (Å²) in [5.41, 5.74) is 8.78. The third-order valence-corrected chi connectivity index (χ3v) is 5.29. The first-order valence-electron chi connectivity index (χ1n) is 9.83. The van der Waals surface area contributed by atoms with E-state index in [1.165, 1.54) is 5.56 Å². The highest BCUT2D eigenvalue weighted by Crippen LogP contribution is 2.25. The maximum atomic E-state index is 12.7. The van der Waals surface area contributed by atoms with Crippen molar-refractivity contribution in [3.05, 3.63) is 106 Å². The molecule has 0 aliphatic heterocycles. The second-order valence-corrected chi connectivity index (χ2v) is 8.20. The predicted octanol–water partition coefficient (Wildman–Crippen LogP) is 5.68. The lowest BCUT2D eigenvalue weighted by molar-refractivity contribution is 0.0949. The second-order valence-electron chi connectivity index (χ2n) is 7.28. The number of amides is 1. The summed E-state index contributed by atoms with van der Waals surface area (Å²) in [5.74, 6) is -0.370. The summed E-state index contributed by atoms with van der Waals surface area (Å²) in [4.78, 5) is 12.7. The molecule has 0 radical (unpaired) electrons. The van der Waals surface area contributed by atoms with E-state index in [2.05, 4.69) is 31.6 Å². The lowest BCUT2D eigenvalue weighted by Crippen LogP contribution is -2.18. The van der Waals surface area contributed by atoms with Gasteiger partial charge in [0.2, 0.25) is 0 Å². The van der Waals surface area contributed by atoms with Crippen LogP contribution in [0, 0.1) is 13.8 Å². The quantitative estimate of drug-likeness (QED) is 0.299. The van der Waals surface area contributed by atoms with Crippen molar-refractivity contribution in [2.45, 2.75) is 13.8 Å². The lowest BCUT2D eigenvalue weighted by Gasteiger charge is -2.08. The van der Waals surface area contributed by atoms with Gasteiger partial charge < -0.3 is 0 Å². The molecule has 0 saturated heterocycles. The zero-order valence-electron chi connectivity index (χ0n) is 17.2. The van der Waals surface area contributed by atoms with E-state index in [9.17, 15) is 4.79 Å². The van der Waals surface area contributed by atoms with Crippen molar-refractivity contribution >= 4 is 28.1 Å². The van der Waals surface area contributed by atoms with Gasteiger partial charge in [0.05, 0.1) is 17.6 Å². The number of carbonyl (C=O) groups is 1. The Morgan fingerprint density at radius 3 is 2.32 bits per heavy atom. The van der Waals surface area contributed by atoms with Crippen molar-refractivity contribution in [1.29, 1.82) is 0 Å². The van der Waals surface area contributed by atoms with E-state index in [4.69, 9.17) is 0 Å². The third-order valence-electron chi connectivity index (χ3n) is 4.80. The monoisotopic (exact) mass is 472 g/mol. The van der Waals surface area contributed by atoms with E-state index in [1.807, 2.05) is 86.6 Å². The molecule has 5 nitrogen and oxygen atoms in total. The number of benzene rings is 3. The molecule has 4 aromatic rings. The summed E-state index contributed by atoms with van der Waals surface area (Å²) < 4.78 is 2.74. The number of halogens is 1. The number of carbonyl (C=O) groups excluding carboxylic acids is 1. The number of rotatable bonds is 5. The molecule has 0 fully saturated rings. The molecular formula is C25H21BrN4O. The van der Waals surface area contributed by atoms with Crippen molar-refractivity contribution < 1.29 is 4.79 Å². The zero-order chi connectivity index (χ0) is 21.8. The second kappa shape index (κ2) is 9.10. The Balaban J connectivity index is 1.64. The number of aromatic nitrogens is 2. The number of hydrogen-bond acceptors (Lipinski definition) is 3. The Morgan fingerprint density at radius 2 is 1.65 bits per heavy atom. The van der Waals surface area contributed by atoms with Gasteiger partial charge >= 0.3 is 0 Å². The molecule has 1 aromatic heterocycles. The van der Waals surface area contributed by atoms with Crippen LogP contribution in [0.1, 0.15) is 27.2 Å². The number of nitrogens with one attached hydrogen (secondary N) is 1. The standard InChI is InChI=1S/C25H21BrN4O/c1-17-6-10-20(11-7-17)24-15-23(29-30(24)22-12-8-18(2)9-13-22)25(31)28-27-16-19-4-3-5-21(26)14-19/h3-16H,1-2H3,(H,28,31)/b27-16-. The number of hydrazone groups is 1. The molecule has 4 rings (SSSR count). The van der Waals surface area contributed by atoms with Gasteiger partial charge in [-0.1, -0.05) is 75.6 Å². The molecule has 0 aliphatic carbocycles. The fraction of sp³-hybridized carbons (Fsp3) is 0.0800. The van der Waals surface area contributed by atoms with E-state index in [-0.39, 0.29) is 5.91 Å². The molecule has 31 heavy (non-hydrogen) atoms. The molecule has 3 aromatic carbocycles. The normalized spacial score (nSPS) is 11.1. The molecule has 1 N–H and O–H groups in total. The van der Waals surface area contributed by atoms with Crippen LogP contribution in [0.2, 0.25) is 0 Å². The van der Waals surface area contributed by atoms with Crippen LogP contribution < -0.4 is 5.43 Å². The van der Waals surface area contributed by atoms with E-state index in [0.717, 1.165) is 32.5 Å². The summed E-state index contributed by atoms with van der Waals surface area (Å²) in [6.45, 7) is 4.08. The maximum Gasteiger partial charge on any atom is 0.291 e. The average molecular weight is 473 g/mol. The highest BCUT2D eigenvalue weighted by molar-refractivity contribution is 9.10. The van der Waals surface area contributed by atoms with Crippen LogP contribution in [-0.4, -0.2) is 21.9 Å². The first kappa shape index (κ1) is 20.8. The summed E-state index contributed by atoms with van der Waals surface area (Å²) in [6, 6.07) is 25.6. The molecular weight excluding hydrogens is 452 g/mol. The summed E-state index contributed by atoms with van der Waals surface area (Å²) in [6.07, 6.45) is 1.60. The molecule has 0 spiro atoms. The van der Waals surface area contributed by atoms with Crippen molar-refractivity contribution in [2.24, 2.45) is 5.10 Å². The minimum absolute atomic E-state index is 0.294. The minimum Gasteiger partial charge on any atom is -0.265 e. The molecule has 0 bridgehead atoms. The SMILES string of the molecule is Cc1ccc(-c2cc(C(=O)N/N=C\c3cccc(Br)c3)nn2-c2ccc(C)cc2)cc1. The van der Waals surface area contributed by atoms with Gasteiger partial charge in [-0.3, -0.25) is 4.79 Å². The van der Waals surface area contributed by atoms with E-state index in [1.54, 1.807) is 17.0 Å². The van der Waals surface area contributed by atoms with E-state index in [0.29, 0.717) is 5.69 Å². The molecule has 6 heteroatoms. The molecule has 0 unspecified atom stereocenters. The van der Waals surface area contributed by atoms with Crippen LogP contribution in [0.25, 0.3) is 16.9 Å². The van der Waals surface area contributed by atoms with Gasteiger partial charge in [-0.15, -0.1) is 0 Å². The van der Waals surface area contributed by atoms with Crippen molar-refractivity contribution in [1.82, 2.24) is 15.2 Å². The molecule has 154 valence electrons. The molecule has 0 atom stereocenters. The van der Waals surface area contributed by atoms with Gasteiger partial charge in [-0.2, -0.15) is 10.2 Å². The van der Waals surface area contributed by atoms with Gasteiger partial charge in [-0.05, 0) is 49.7 Å². The van der Waals surface area contributed by atoms with Crippen LogP contribution in [0.15, 0.2) is 88.4 Å². The highest BCUT2D eigenvalue weighted by Gasteiger charge is 2.16. The van der Waals surface area contributed by atoms with Crippen LogP contribution in [0.5, 0.6) is 0 Å². The van der Waals surface area contributed by atoms with Crippen LogP contribution in [-0.2, 0) is 0 Å². The number of aryl methyl sites for hydroxylation is 2. The topological polar surface area (TPSA) is 59.3 Å². The van der Waals surface area contributed by atoms with Crippen molar-refractivity contribution in [3.63, 3.8) is 0 Å². The molecule has 0 saturated carbocycles. The molecule has 1 heterocycles. The third kappa shape index (κ3) is 4.98. The average Bonchev–Trinajstić information content (AvgIpc) is 3.20. The number of nitrogens with zero attached hydrogens (tertiary/aromatic N) is 3. The Morgan fingerprint density at radius 1 is 0.968 bits per heavy atom. The largest absolute Gasteiger partial charge is 0.291 e. The lowest BCUT2D eigenvalue weighted by atomic mass is 10.1. The zero-order valence-corrected chi connectivity index (χ0v) is 18.8. The molecule has 1 amide bonds. The Hall–Kier alpha value is -3.51. The van der Waals surface area contributed by atoms with Crippen molar-refractivity contribution in [2.75, 3.05) is 0 Å². The minimum atomic E-state index is -0.370. The smallest absolute Gasteiger partial charge is 0.265 e. The Bertz CT molecular complexity index is 1180. The fourth-order valence-corrected chi connectivity index (χ4v) is 3.53. The first-order valence-corrected chi connectivity index (χ1v) is 10.6. The van der Waals surface area contributed by atoms with Crippen LogP contribution in [0.3, 0.4) is 0 Å². The summed E-state index contributed by atoms with van der Waals surface area (Å²) in [5, 5.41) is 8.64. The number of hydrogen-bond donors (Lipinski definition) is 1. The van der Waals surface area contributed by atoms with E-state index < -0.39 is 0 Å². The highest BCUT2D eigenvalue weighted by atomic mass is 79.9. The first-order chi connectivity index (χ1) is 15.0. The van der Waals surface area contributed by atoms with Crippen LogP contribution >= 0.6 is 15.9 Å². The van der Waals surface area contributed by atoms with Gasteiger partial charge in [0.25, 0.3) is 5.91 Å². The maximum absolute atomic E-state index is 12.7.